The molecular formula is C23H28N2O3. The lowest BCUT2D eigenvalue weighted by Gasteiger charge is -2.63. The van der Waals surface area contributed by atoms with Crippen LogP contribution in [0.1, 0.15) is 35.7 Å². The zero-order valence-electron chi connectivity index (χ0n) is 16.9. The number of likely N-dealkylation sites (N-methyl/N-ethyl adjacent to an activating group) is 1. The van der Waals surface area contributed by atoms with Gasteiger partial charge in [0, 0.05) is 42.6 Å². The molecule has 0 spiro atoms. The summed E-state index contributed by atoms with van der Waals surface area (Å²) in [5.41, 5.74) is 3.54. The average molecular weight is 380 g/mol. The minimum Gasteiger partial charge on any atom is -0.497 e. The lowest BCUT2D eigenvalue weighted by atomic mass is 9.49. The number of nitrogens with zero attached hydrogens (tertiary/aromatic N) is 2. The summed E-state index contributed by atoms with van der Waals surface area (Å²) in [5, 5.41) is 12.3. The van der Waals surface area contributed by atoms with E-state index in [1.807, 2.05) is 23.6 Å². The number of pyridine rings is 1. The topological polar surface area (TPSA) is 54.7 Å². The van der Waals surface area contributed by atoms with Gasteiger partial charge in [0.2, 0.25) is 0 Å². The van der Waals surface area contributed by atoms with Crippen molar-refractivity contribution in [1.82, 2.24) is 9.47 Å². The minimum atomic E-state index is -0.845. The summed E-state index contributed by atoms with van der Waals surface area (Å²) < 4.78 is 7.43. The van der Waals surface area contributed by atoms with Crippen LogP contribution in [0.15, 0.2) is 35.1 Å². The molecule has 1 fully saturated rings. The molecule has 1 aromatic heterocycles. The van der Waals surface area contributed by atoms with Crippen LogP contribution in [0.3, 0.4) is 0 Å². The van der Waals surface area contributed by atoms with Crippen molar-refractivity contribution in [3.05, 3.63) is 63.1 Å². The van der Waals surface area contributed by atoms with E-state index in [1.54, 1.807) is 13.2 Å². The highest BCUT2D eigenvalue weighted by molar-refractivity contribution is 5.51. The van der Waals surface area contributed by atoms with Crippen molar-refractivity contribution in [3.63, 3.8) is 0 Å². The van der Waals surface area contributed by atoms with E-state index >= 15 is 0 Å². The average Bonchev–Trinajstić information content (AvgIpc) is 2.69. The highest BCUT2D eigenvalue weighted by Crippen LogP contribution is 2.56. The molecule has 3 atom stereocenters. The predicted molar refractivity (Wildman–Crippen MR) is 108 cm³/mol. The van der Waals surface area contributed by atoms with Crippen molar-refractivity contribution < 1.29 is 9.84 Å². The lowest BCUT2D eigenvalue weighted by Crippen LogP contribution is -2.73. The highest BCUT2D eigenvalue weighted by Gasteiger charge is 2.64. The van der Waals surface area contributed by atoms with Crippen molar-refractivity contribution in [3.8, 4) is 5.75 Å². The predicted octanol–water partition coefficient (Wildman–Crippen LogP) is 1.90. The molecule has 2 aliphatic carbocycles. The Morgan fingerprint density at radius 2 is 2.00 bits per heavy atom. The Morgan fingerprint density at radius 1 is 1.21 bits per heavy atom. The molecule has 1 saturated heterocycles. The highest BCUT2D eigenvalue weighted by atomic mass is 16.5. The molecule has 2 aromatic rings. The van der Waals surface area contributed by atoms with Crippen molar-refractivity contribution >= 4 is 0 Å². The molecule has 5 heteroatoms. The van der Waals surface area contributed by atoms with Gasteiger partial charge in [-0.3, -0.25) is 4.79 Å². The molecule has 148 valence electrons. The van der Waals surface area contributed by atoms with Gasteiger partial charge in [-0.2, -0.15) is 0 Å². The van der Waals surface area contributed by atoms with Crippen molar-refractivity contribution in [2.75, 3.05) is 20.7 Å². The smallest absolute Gasteiger partial charge is 0.250 e. The summed E-state index contributed by atoms with van der Waals surface area (Å²) in [6, 6.07) is 9.99. The van der Waals surface area contributed by atoms with Gasteiger partial charge in [0.05, 0.1) is 12.7 Å². The van der Waals surface area contributed by atoms with Crippen LogP contribution in [0.5, 0.6) is 5.75 Å². The summed E-state index contributed by atoms with van der Waals surface area (Å²) in [6.45, 7) is 3.63. The first-order valence-corrected chi connectivity index (χ1v) is 10.2. The van der Waals surface area contributed by atoms with E-state index in [4.69, 9.17) is 4.74 Å². The van der Waals surface area contributed by atoms with E-state index in [9.17, 15) is 9.90 Å². The van der Waals surface area contributed by atoms with Crippen molar-refractivity contribution in [2.24, 2.45) is 0 Å². The second-order valence-corrected chi connectivity index (χ2v) is 8.72. The van der Waals surface area contributed by atoms with Gasteiger partial charge in [-0.1, -0.05) is 12.1 Å². The number of methoxy groups -OCH3 is 1. The van der Waals surface area contributed by atoms with Crippen LogP contribution in [0, 0.1) is 0 Å². The summed E-state index contributed by atoms with van der Waals surface area (Å²) in [6.07, 6.45) is 3.02. The van der Waals surface area contributed by atoms with E-state index in [1.165, 1.54) is 11.1 Å². The van der Waals surface area contributed by atoms with Gasteiger partial charge in [0.1, 0.15) is 5.75 Å². The number of fused-ring (bicyclic) bond motifs is 2. The van der Waals surface area contributed by atoms with Crippen LogP contribution >= 0.6 is 0 Å². The number of ether oxygens (including phenoxy) is 1. The SMILES string of the molecule is CCn1c2c(ccc1=O)C[C@@]1(O)[C@H]3Cc4ccc(OC)cc4[C@@]1(CCN3C)C2. The maximum Gasteiger partial charge on any atom is 0.250 e. The number of piperidine rings is 1. The monoisotopic (exact) mass is 380 g/mol. The van der Waals surface area contributed by atoms with E-state index < -0.39 is 5.60 Å². The third-order valence-corrected chi connectivity index (χ3v) is 7.68. The number of hydrogen-bond acceptors (Lipinski definition) is 4. The molecule has 1 aromatic carbocycles. The van der Waals surface area contributed by atoms with Crippen LogP contribution in [-0.2, 0) is 31.2 Å². The van der Waals surface area contributed by atoms with E-state index in [0.717, 1.165) is 36.4 Å². The van der Waals surface area contributed by atoms with Gasteiger partial charge in [0.15, 0.2) is 0 Å². The van der Waals surface area contributed by atoms with Gasteiger partial charge in [0.25, 0.3) is 5.56 Å². The molecule has 5 rings (SSSR count). The molecular weight excluding hydrogens is 352 g/mol. The van der Waals surface area contributed by atoms with Crippen LogP contribution in [0.25, 0.3) is 0 Å². The Kier molecular flexibility index (Phi) is 3.81. The van der Waals surface area contributed by atoms with E-state index in [-0.39, 0.29) is 17.0 Å². The Hall–Kier alpha value is -2.11. The molecule has 3 aliphatic rings. The molecule has 1 aliphatic heterocycles. The summed E-state index contributed by atoms with van der Waals surface area (Å²) in [4.78, 5) is 14.8. The first-order valence-electron chi connectivity index (χ1n) is 10.2. The van der Waals surface area contributed by atoms with E-state index in [2.05, 4.69) is 24.1 Å². The third-order valence-electron chi connectivity index (χ3n) is 7.68. The van der Waals surface area contributed by atoms with Crippen LogP contribution in [0.2, 0.25) is 0 Å². The summed E-state index contributed by atoms with van der Waals surface area (Å²) >= 11 is 0. The molecule has 5 nitrogen and oxygen atoms in total. The Bertz CT molecular complexity index is 1010. The lowest BCUT2D eigenvalue weighted by molar-refractivity contribution is -0.145. The third kappa shape index (κ3) is 2.12. The quantitative estimate of drug-likeness (QED) is 0.865. The molecule has 0 unspecified atom stereocenters. The first kappa shape index (κ1) is 18.0. The van der Waals surface area contributed by atoms with Crippen molar-refractivity contribution in [1.29, 1.82) is 0 Å². The second-order valence-electron chi connectivity index (χ2n) is 8.72. The Labute approximate surface area is 165 Å². The summed E-state index contributed by atoms with van der Waals surface area (Å²) in [7, 11) is 3.82. The number of likely N-dealkylation sites (tertiary alicyclic amines) is 1. The standard InChI is InChI=1S/C23H28N2O3/c1-4-25-19-14-22-9-10-24(2)20(11-15-5-7-17(28-3)12-18(15)22)23(22,27)13-16(19)6-8-21(25)26/h5-8,12,20,27H,4,9-11,13-14H2,1-3H3/t20-,22-,23-/m1/s1. The van der Waals surface area contributed by atoms with Crippen LogP contribution < -0.4 is 10.3 Å². The maximum atomic E-state index is 12.5. The first-order chi connectivity index (χ1) is 13.4. The molecule has 28 heavy (non-hydrogen) atoms. The van der Waals surface area contributed by atoms with Crippen molar-refractivity contribution in [2.45, 2.75) is 56.2 Å². The fraction of sp³-hybridized carbons (Fsp3) is 0.522. The Morgan fingerprint density at radius 3 is 2.75 bits per heavy atom. The molecule has 1 N–H and O–H groups in total. The normalized spacial score (nSPS) is 30.9. The fourth-order valence-corrected chi connectivity index (χ4v) is 6.21. The van der Waals surface area contributed by atoms with Crippen LogP contribution in [0.4, 0.5) is 0 Å². The second kappa shape index (κ2) is 5.94. The number of benzene rings is 1. The minimum absolute atomic E-state index is 0.0502. The van der Waals surface area contributed by atoms with Crippen LogP contribution in [-0.4, -0.2) is 46.9 Å². The Balaban J connectivity index is 1.80. The van der Waals surface area contributed by atoms with Gasteiger partial charge < -0.3 is 19.3 Å². The zero-order chi connectivity index (χ0) is 19.7. The number of aliphatic hydroxyl groups is 1. The molecule has 2 bridgehead atoms. The van der Waals surface area contributed by atoms with Gasteiger partial charge >= 0.3 is 0 Å². The number of hydrogen-bond donors (Lipinski definition) is 1. The maximum absolute atomic E-state index is 12.5. The van der Waals surface area contributed by atoms with Gasteiger partial charge in [-0.25, -0.2) is 0 Å². The fourth-order valence-electron chi connectivity index (χ4n) is 6.21. The molecule has 0 saturated carbocycles. The number of rotatable bonds is 2. The zero-order valence-corrected chi connectivity index (χ0v) is 16.9. The molecule has 2 heterocycles. The summed E-state index contributed by atoms with van der Waals surface area (Å²) in [5.74, 6) is 0.833. The van der Waals surface area contributed by atoms with E-state index in [0.29, 0.717) is 19.4 Å². The number of aromatic nitrogens is 1. The largest absolute Gasteiger partial charge is 0.497 e. The van der Waals surface area contributed by atoms with Gasteiger partial charge in [-0.05, 0) is 62.2 Å². The molecule has 0 amide bonds. The van der Waals surface area contributed by atoms with Gasteiger partial charge in [-0.15, -0.1) is 0 Å². The molecule has 0 radical (unpaired) electrons.